The molecule has 0 radical (unpaired) electrons. The number of amides is 1. The van der Waals surface area contributed by atoms with E-state index in [0.29, 0.717) is 43.8 Å². The Bertz CT molecular complexity index is 1560. The van der Waals surface area contributed by atoms with E-state index in [4.69, 9.17) is 14.2 Å². The molecule has 0 aromatic heterocycles. The molecule has 2 aromatic rings. The van der Waals surface area contributed by atoms with Crippen LogP contribution in [0.25, 0.3) is 5.57 Å². The fraction of sp³-hybridized carbons (Fsp3) is 0.556. The summed E-state index contributed by atoms with van der Waals surface area (Å²) in [6.45, 7) is 7.93. The van der Waals surface area contributed by atoms with Gasteiger partial charge in [0.05, 0.1) is 36.3 Å². The summed E-state index contributed by atoms with van der Waals surface area (Å²) in [5, 5.41) is 0. The SMILES string of the molecule is CCOC(=O)C1(Cc2ccc(OC)c(C3=C(CN4C(=O)O[C@H](c5cc(C(F)(F)F)cc(C(F)(F)F)c5)[C@@H]4C)CC(C)(C)CC3)c2)CCC1. The van der Waals surface area contributed by atoms with Gasteiger partial charge in [-0.3, -0.25) is 9.69 Å². The van der Waals surface area contributed by atoms with Crippen LogP contribution in [0, 0.1) is 10.8 Å². The number of carbonyl (C=O) groups excluding carboxylic acids is 2. The fourth-order valence-electron chi connectivity index (χ4n) is 7.23. The summed E-state index contributed by atoms with van der Waals surface area (Å²) in [6, 6.07) is 6.24. The Morgan fingerprint density at radius 3 is 2.19 bits per heavy atom. The molecule has 3 aliphatic rings. The van der Waals surface area contributed by atoms with Gasteiger partial charge < -0.3 is 14.2 Å². The lowest BCUT2D eigenvalue weighted by molar-refractivity contribution is -0.161. The van der Waals surface area contributed by atoms with Crippen LogP contribution in [-0.2, 0) is 33.0 Å². The monoisotopic (exact) mass is 681 g/mol. The van der Waals surface area contributed by atoms with Gasteiger partial charge in [0.15, 0.2) is 0 Å². The van der Waals surface area contributed by atoms with Crippen molar-refractivity contribution < 1.29 is 50.1 Å². The van der Waals surface area contributed by atoms with Gasteiger partial charge in [-0.25, -0.2) is 4.79 Å². The fourth-order valence-corrected chi connectivity index (χ4v) is 7.23. The van der Waals surface area contributed by atoms with Crippen molar-refractivity contribution in [2.24, 2.45) is 10.8 Å². The van der Waals surface area contributed by atoms with E-state index >= 15 is 0 Å². The summed E-state index contributed by atoms with van der Waals surface area (Å²) in [4.78, 5) is 27.5. The van der Waals surface area contributed by atoms with Crippen LogP contribution in [0.1, 0.15) is 100 Å². The molecule has 1 aliphatic heterocycles. The summed E-state index contributed by atoms with van der Waals surface area (Å²) in [5.41, 5.74) is -0.412. The molecule has 48 heavy (non-hydrogen) atoms. The molecule has 1 saturated heterocycles. The quantitative estimate of drug-likeness (QED) is 0.195. The molecule has 0 bridgehead atoms. The zero-order valence-corrected chi connectivity index (χ0v) is 27.7. The van der Waals surface area contributed by atoms with Crippen LogP contribution in [0.15, 0.2) is 42.0 Å². The standard InChI is InChI=1S/C36H41F6NO5/c1-6-47-31(44)34(11-7-12-34)18-22-8-9-29(46-5)28(14-22)27-10-13-33(3,4)19-24(27)20-43-21(2)30(48-32(43)45)23-15-25(35(37,38)39)17-26(16-23)36(40,41)42/h8-9,14-17,21,30H,6-7,10-13,18-20H2,1-5H3/t21-,30-/m0/s1. The maximum absolute atomic E-state index is 13.6. The lowest BCUT2D eigenvalue weighted by atomic mass is 9.65. The first kappa shape index (κ1) is 35.6. The largest absolute Gasteiger partial charge is 0.496 e. The van der Waals surface area contributed by atoms with Crippen molar-refractivity contribution in [1.29, 1.82) is 0 Å². The zero-order chi connectivity index (χ0) is 35.2. The Morgan fingerprint density at radius 1 is 1.00 bits per heavy atom. The second-order valence-corrected chi connectivity index (χ2v) is 14.0. The number of halogens is 6. The van der Waals surface area contributed by atoms with E-state index in [1.54, 1.807) is 21.0 Å². The molecule has 1 amide bonds. The molecule has 262 valence electrons. The van der Waals surface area contributed by atoms with Crippen LogP contribution in [0.2, 0.25) is 0 Å². The molecule has 6 nitrogen and oxygen atoms in total. The first-order chi connectivity index (χ1) is 22.4. The molecule has 2 aromatic carbocycles. The van der Waals surface area contributed by atoms with E-state index in [2.05, 4.69) is 13.8 Å². The number of ether oxygens (including phenoxy) is 3. The van der Waals surface area contributed by atoms with E-state index in [0.717, 1.165) is 48.0 Å². The molecule has 5 rings (SSSR count). The molecule has 2 atom stereocenters. The number of hydrogen-bond donors (Lipinski definition) is 0. The van der Waals surface area contributed by atoms with Crippen LogP contribution in [0.5, 0.6) is 5.75 Å². The highest BCUT2D eigenvalue weighted by Gasteiger charge is 2.46. The molecular formula is C36H41F6NO5. The molecule has 2 aliphatic carbocycles. The third kappa shape index (κ3) is 7.17. The van der Waals surface area contributed by atoms with E-state index in [1.807, 2.05) is 18.2 Å². The third-order valence-corrected chi connectivity index (χ3v) is 10.0. The maximum Gasteiger partial charge on any atom is 0.416 e. The van der Waals surface area contributed by atoms with E-state index in [1.165, 1.54) is 4.90 Å². The van der Waals surface area contributed by atoms with Gasteiger partial charge in [-0.15, -0.1) is 0 Å². The summed E-state index contributed by atoms with van der Waals surface area (Å²) in [5.74, 6) is 0.412. The summed E-state index contributed by atoms with van der Waals surface area (Å²) in [6.07, 6.45) is -7.24. The van der Waals surface area contributed by atoms with Gasteiger partial charge in [0.2, 0.25) is 0 Å². The highest BCUT2D eigenvalue weighted by Crippen LogP contribution is 2.49. The number of cyclic esters (lactones) is 1. The average Bonchev–Trinajstić information content (AvgIpc) is 3.26. The van der Waals surface area contributed by atoms with Crippen molar-refractivity contribution >= 4 is 17.6 Å². The topological polar surface area (TPSA) is 65.1 Å². The smallest absolute Gasteiger partial charge is 0.416 e. The van der Waals surface area contributed by atoms with Gasteiger partial charge >= 0.3 is 24.4 Å². The molecule has 2 fully saturated rings. The Balaban J connectivity index is 1.50. The number of allylic oxidation sites excluding steroid dienone is 1. The molecule has 0 unspecified atom stereocenters. The Morgan fingerprint density at radius 2 is 1.65 bits per heavy atom. The highest BCUT2D eigenvalue weighted by atomic mass is 19.4. The minimum absolute atomic E-state index is 0.0605. The molecule has 0 N–H and O–H groups in total. The van der Waals surface area contributed by atoms with Gasteiger partial charge in [0, 0.05) is 12.1 Å². The first-order valence-electron chi connectivity index (χ1n) is 16.2. The van der Waals surface area contributed by atoms with Gasteiger partial charge in [0.1, 0.15) is 11.9 Å². The zero-order valence-electron chi connectivity index (χ0n) is 27.7. The van der Waals surface area contributed by atoms with Crippen molar-refractivity contribution in [1.82, 2.24) is 4.90 Å². The van der Waals surface area contributed by atoms with Crippen molar-refractivity contribution in [3.05, 3.63) is 69.8 Å². The van der Waals surface area contributed by atoms with Crippen LogP contribution in [0.4, 0.5) is 31.1 Å². The lowest BCUT2D eigenvalue weighted by Gasteiger charge is -2.39. The van der Waals surface area contributed by atoms with E-state index in [-0.39, 0.29) is 29.6 Å². The average molecular weight is 682 g/mol. The normalized spacial score (nSPS) is 22.3. The van der Waals surface area contributed by atoms with Gasteiger partial charge in [0.25, 0.3) is 0 Å². The number of esters is 1. The van der Waals surface area contributed by atoms with Crippen LogP contribution < -0.4 is 4.74 Å². The number of rotatable bonds is 9. The van der Waals surface area contributed by atoms with E-state index < -0.39 is 47.1 Å². The number of methoxy groups -OCH3 is 1. The summed E-state index contributed by atoms with van der Waals surface area (Å²) >= 11 is 0. The number of benzene rings is 2. The number of alkyl halides is 6. The van der Waals surface area contributed by atoms with Gasteiger partial charge in [-0.1, -0.05) is 26.3 Å². The predicted octanol–water partition coefficient (Wildman–Crippen LogP) is 9.55. The number of nitrogens with zero attached hydrogens (tertiary/aromatic N) is 1. The molecular weight excluding hydrogens is 640 g/mol. The Kier molecular flexibility index (Phi) is 9.62. The van der Waals surface area contributed by atoms with Crippen molar-refractivity contribution in [3.8, 4) is 5.75 Å². The van der Waals surface area contributed by atoms with Gasteiger partial charge in [-0.2, -0.15) is 26.3 Å². The summed E-state index contributed by atoms with van der Waals surface area (Å²) in [7, 11) is 1.56. The van der Waals surface area contributed by atoms with Crippen molar-refractivity contribution in [3.63, 3.8) is 0 Å². The molecule has 1 saturated carbocycles. The Labute approximate surface area is 276 Å². The first-order valence-corrected chi connectivity index (χ1v) is 16.2. The number of carbonyl (C=O) groups is 2. The van der Waals surface area contributed by atoms with Crippen molar-refractivity contribution in [2.75, 3.05) is 20.3 Å². The second-order valence-electron chi connectivity index (χ2n) is 14.0. The predicted molar refractivity (Wildman–Crippen MR) is 166 cm³/mol. The molecule has 12 heteroatoms. The minimum Gasteiger partial charge on any atom is -0.496 e. The molecule has 0 spiro atoms. The van der Waals surface area contributed by atoms with Crippen molar-refractivity contribution in [2.45, 2.75) is 97.1 Å². The minimum atomic E-state index is -5.03. The number of hydrogen-bond acceptors (Lipinski definition) is 5. The Hall–Kier alpha value is -3.70. The van der Waals surface area contributed by atoms with E-state index in [9.17, 15) is 35.9 Å². The highest BCUT2D eigenvalue weighted by molar-refractivity contribution is 5.79. The molecule has 1 heterocycles. The van der Waals surface area contributed by atoms with Crippen LogP contribution in [-0.4, -0.2) is 43.3 Å². The second kappa shape index (κ2) is 13.0. The third-order valence-electron chi connectivity index (χ3n) is 10.0. The summed E-state index contributed by atoms with van der Waals surface area (Å²) < 4.78 is 98.3. The van der Waals surface area contributed by atoms with Gasteiger partial charge in [-0.05, 0) is 110 Å². The van der Waals surface area contributed by atoms with Crippen LogP contribution in [0.3, 0.4) is 0 Å². The maximum atomic E-state index is 13.6. The lowest BCUT2D eigenvalue weighted by Crippen LogP contribution is -2.41. The van der Waals surface area contributed by atoms with Crippen LogP contribution >= 0.6 is 0 Å².